The summed E-state index contributed by atoms with van der Waals surface area (Å²) in [7, 11) is 1.72. The summed E-state index contributed by atoms with van der Waals surface area (Å²) in [5.41, 5.74) is 1.29. The van der Waals surface area contributed by atoms with E-state index in [-0.39, 0.29) is 0 Å². The van der Waals surface area contributed by atoms with Crippen molar-refractivity contribution >= 4 is 0 Å². The molecule has 1 rings (SSSR count). The second kappa shape index (κ2) is 4.09. The van der Waals surface area contributed by atoms with Crippen LogP contribution in [-0.4, -0.2) is 13.7 Å². The Labute approximate surface area is 67.4 Å². The summed E-state index contributed by atoms with van der Waals surface area (Å²) in [5, 5.41) is 0. The number of aromatic nitrogens is 1. The van der Waals surface area contributed by atoms with Crippen LogP contribution in [0, 0.1) is 6.92 Å². The molecule has 0 spiro atoms. The van der Waals surface area contributed by atoms with Crippen molar-refractivity contribution in [1.29, 1.82) is 0 Å². The maximum Gasteiger partial charge on any atom is 0.171 e. The standard InChI is InChI=1S/C9H14NO/c1-9-3-5-10(6-4-9)7-8-11-2/h3-6H,7-8H2,1-2H3/q+1. The highest BCUT2D eigenvalue weighted by Gasteiger charge is 1.96. The first kappa shape index (κ1) is 8.21. The van der Waals surface area contributed by atoms with Crippen LogP contribution in [-0.2, 0) is 11.3 Å². The number of pyridine rings is 1. The van der Waals surface area contributed by atoms with Gasteiger partial charge in [0.15, 0.2) is 18.9 Å². The third kappa shape index (κ3) is 2.68. The Morgan fingerprint density at radius 3 is 2.55 bits per heavy atom. The van der Waals surface area contributed by atoms with Crippen molar-refractivity contribution in [3.63, 3.8) is 0 Å². The van der Waals surface area contributed by atoms with Gasteiger partial charge in [0.2, 0.25) is 0 Å². The van der Waals surface area contributed by atoms with Crippen molar-refractivity contribution in [2.24, 2.45) is 0 Å². The van der Waals surface area contributed by atoms with Gasteiger partial charge in [-0.15, -0.1) is 0 Å². The average molecular weight is 152 g/mol. The van der Waals surface area contributed by atoms with Crippen LogP contribution >= 0.6 is 0 Å². The molecular formula is C9H14NO+. The fourth-order valence-corrected chi connectivity index (χ4v) is 0.878. The minimum atomic E-state index is 0.772. The molecule has 0 amide bonds. The van der Waals surface area contributed by atoms with E-state index in [2.05, 4.69) is 36.0 Å². The van der Waals surface area contributed by atoms with Crippen LogP contribution in [0.15, 0.2) is 24.5 Å². The zero-order chi connectivity index (χ0) is 8.10. The lowest BCUT2D eigenvalue weighted by Gasteiger charge is -1.95. The van der Waals surface area contributed by atoms with Gasteiger partial charge in [0.25, 0.3) is 0 Å². The van der Waals surface area contributed by atoms with Crippen molar-refractivity contribution < 1.29 is 9.30 Å². The SMILES string of the molecule is COCC[n+]1ccc(C)cc1. The van der Waals surface area contributed by atoms with E-state index in [0.29, 0.717) is 0 Å². The van der Waals surface area contributed by atoms with Gasteiger partial charge in [0, 0.05) is 19.2 Å². The van der Waals surface area contributed by atoms with Gasteiger partial charge in [-0.3, -0.25) is 0 Å². The van der Waals surface area contributed by atoms with E-state index in [1.54, 1.807) is 7.11 Å². The summed E-state index contributed by atoms with van der Waals surface area (Å²) in [6, 6.07) is 4.19. The highest BCUT2D eigenvalue weighted by molar-refractivity contribution is 5.03. The Morgan fingerprint density at radius 1 is 1.36 bits per heavy atom. The van der Waals surface area contributed by atoms with Crippen LogP contribution in [0.4, 0.5) is 0 Å². The molecule has 0 aliphatic carbocycles. The molecule has 60 valence electrons. The summed E-state index contributed by atoms with van der Waals surface area (Å²) in [5.74, 6) is 0. The van der Waals surface area contributed by atoms with Crippen molar-refractivity contribution in [3.8, 4) is 0 Å². The van der Waals surface area contributed by atoms with Crippen molar-refractivity contribution in [1.82, 2.24) is 0 Å². The first-order valence-corrected chi connectivity index (χ1v) is 3.77. The highest BCUT2D eigenvalue weighted by atomic mass is 16.5. The fourth-order valence-electron chi connectivity index (χ4n) is 0.878. The van der Waals surface area contributed by atoms with E-state index in [4.69, 9.17) is 4.74 Å². The monoisotopic (exact) mass is 152 g/mol. The van der Waals surface area contributed by atoms with Crippen LogP contribution in [0.5, 0.6) is 0 Å². The van der Waals surface area contributed by atoms with E-state index >= 15 is 0 Å². The minimum Gasteiger partial charge on any atom is -0.378 e. The summed E-state index contributed by atoms with van der Waals surface area (Å²) in [6.07, 6.45) is 4.13. The molecule has 0 aliphatic heterocycles. The molecule has 0 aromatic carbocycles. The second-order valence-electron chi connectivity index (χ2n) is 2.61. The normalized spacial score (nSPS) is 10.0. The zero-order valence-electron chi connectivity index (χ0n) is 7.08. The summed E-state index contributed by atoms with van der Waals surface area (Å²) >= 11 is 0. The number of rotatable bonds is 3. The highest BCUT2D eigenvalue weighted by Crippen LogP contribution is 1.89. The molecule has 0 unspecified atom stereocenters. The van der Waals surface area contributed by atoms with Crippen LogP contribution in [0.3, 0.4) is 0 Å². The smallest absolute Gasteiger partial charge is 0.171 e. The molecule has 0 fully saturated rings. The van der Waals surface area contributed by atoms with Gasteiger partial charge in [0.05, 0.1) is 0 Å². The predicted molar refractivity (Wildman–Crippen MR) is 43.3 cm³/mol. The zero-order valence-corrected chi connectivity index (χ0v) is 7.08. The summed E-state index contributed by atoms with van der Waals surface area (Å²) < 4.78 is 7.06. The molecule has 0 N–H and O–H groups in total. The number of ether oxygens (including phenoxy) is 1. The lowest BCUT2D eigenvalue weighted by molar-refractivity contribution is -0.698. The third-order valence-electron chi connectivity index (χ3n) is 1.61. The first-order chi connectivity index (χ1) is 5.33. The van der Waals surface area contributed by atoms with E-state index in [1.165, 1.54) is 5.56 Å². The molecule has 0 bridgehead atoms. The van der Waals surface area contributed by atoms with E-state index < -0.39 is 0 Å². The number of hydrogen-bond acceptors (Lipinski definition) is 1. The van der Waals surface area contributed by atoms with Gasteiger partial charge in [-0.1, -0.05) is 0 Å². The molecule has 0 aliphatic rings. The Hall–Kier alpha value is -0.890. The number of methoxy groups -OCH3 is 1. The molecule has 0 saturated heterocycles. The number of hydrogen-bond donors (Lipinski definition) is 0. The van der Waals surface area contributed by atoms with Gasteiger partial charge in [-0.25, -0.2) is 4.57 Å². The lowest BCUT2D eigenvalue weighted by atomic mass is 10.3. The van der Waals surface area contributed by atoms with Gasteiger partial charge >= 0.3 is 0 Å². The molecule has 11 heavy (non-hydrogen) atoms. The molecular weight excluding hydrogens is 138 g/mol. The molecule has 2 nitrogen and oxygen atoms in total. The van der Waals surface area contributed by atoms with Crippen molar-refractivity contribution in [2.75, 3.05) is 13.7 Å². The van der Waals surface area contributed by atoms with Gasteiger partial charge in [-0.05, 0) is 12.5 Å². The Balaban J connectivity index is 2.52. The van der Waals surface area contributed by atoms with Gasteiger partial charge in [0.1, 0.15) is 6.61 Å². The first-order valence-electron chi connectivity index (χ1n) is 3.77. The Morgan fingerprint density at radius 2 is 2.00 bits per heavy atom. The fraction of sp³-hybridized carbons (Fsp3) is 0.444. The van der Waals surface area contributed by atoms with Crippen LogP contribution in [0.2, 0.25) is 0 Å². The molecule has 0 atom stereocenters. The number of nitrogens with zero attached hydrogens (tertiary/aromatic N) is 1. The third-order valence-corrected chi connectivity index (χ3v) is 1.61. The quantitative estimate of drug-likeness (QED) is 0.587. The lowest BCUT2D eigenvalue weighted by Crippen LogP contribution is -2.34. The van der Waals surface area contributed by atoms with Crippen molar-refractivity contribution in [3.05, 3.63) is 30.1 Å². The predicted octanol–water partition coefficient (Wildman–Crippen LogP) is 0.929. The maximum atomic E-state index is 4.96. The van der Waals surface area contributed by atoms with E-state index in [0.717, 1.165) is 13.2 Å². The molecule has 1 heterocycles. The van der Waals surface area contributed by atoms with Gasteiger partial charge in [-0.2, -0.15) is 0 Å². The molecule has 2 heteroatoms. The van der Waals surface area contributed by atoms with E-state index in [1.807, 2.05) is 0 Å². The Bertz CT molecular complexity index is 205. The Kier molecular flexibility index (Phi) is 3.05. The topological polar surface area (TPSA) is 13.1 Å². The molecule has 0 radical (unpaired) electrons. The van der Waals surface area contributed by atoms with Crippen molar-refractivity contribution in [2.45, 2.75) is 13.5 Å². The van der Waals surface area contributed by atoms with Crippen LogP contribution < -0.4 is 4.57 Å². The summed E-state index contributed by atoms with van der Waals surface area (Å²) in [4.78, 5) is 0. The number of aryl methyl sites for hydroxylation is 1. The van der Waals surface area contributed by atoms with E-state index in [9.17, 15) is 0 Å². The van der Waals surface area contributed by atoms with Crippen LogP contribution in [0.1, 0.15) is 5.56 Å². The maximum absolute atomic E-state index is 4.96. The minimum absolute atomic E-state index is 0.772. The van der Waals surface area contributed by atoms with Gasteiger partial charge < -0.3 is 4.74 Å². The summed E-state index contributed by atoms with van der Waals surface area (Å²) in [6.45, 7) is 3.78. The second-order valence-corrected chi connectivity index (χ2v) is 2.61. The molecule has 0 saturated carbocycles. The average Bonchev–Trinajstić information content (AvgIpc) is 2.04. The molecule has 1 aromatic rings. The molecule has 1 aromatic heterocycles. The largest absolute Gasteiger partial charge is 0.378 e. The van der Waals surface area contributed by atoms with Crippen LogP contribution in [0.25, 0.3) is 0 Å².